The Morgan fingerprint density at radius 3 is 2.50 bits per heavy atom. The van der Waals surface area contributed by atoms with Gasteiger partial charge in [-0.1, -0.05) is 11.6 Å². The lowest BCUT2D eigenvalue weighted by molar-refractivity contribution is 0.200. The van der Waals surface area contributed by atoms with Gasteiger partial charge in [-0.25, -0.2) is 4.98 Å². The van der Waals surface area contributed by atoms with Crippen molar-refractivity contribution in [3.63, 3.8) is 0 Å². The molecule has 1 aliphatic rings. The van der Waals surface area contributed by atoms with Gasteiger partial charge in [-0.2, -0.15) is 10.2 Å². The SMILES string of the molecule is Cc1nc(C2CCN(Cc3n[nH]c(C)c3Cl)CC2)n[nH]1. The molecule has 0 bridgehead atoms. The first kappa shape index (κ1) is 13.6. The molecule has 108 valence electrons. The molecule has 0 unspecified atom stereocenters. The van der Waals surface area contributed by atoms with Crippen molar-refractivity contribution in [2.45, 2.75) is 39.2 Å². The first-order chi connectivity index (χ1) is 9.63. The van der Waals surface area contributed by atoms with Crippen LogP contribution in [0.2, 0.25) is 5.02 Å². The zero-order valence-corrected chi connectivity index (χ0v) is 12.5. The second-order valence-corrected chi connectivity index (χ2v) is 5.82. The van der Waals surface area contributed by atoms with E-state index in [0.29, 0.717) is 5.92 Å². The fourth-order valence-electron chi connectivity index (χ4n) is 2.67. The van der Waals surface area contributed by atoms with E-state index >= 15 is 0 Å². The van der Waals surface area contributed by atoms with E-state index in [0.717, 1.165) is 60.5 Å². The number of nitrogens with zero attached hydrogens (tertiary/aromatic N) is 4. The summed E-state index contributed by atoms with van der Waals surface area (Å²) >= 11 is 6.21. The summed E-state index contributed by atoms with van der Waals surface area (Å²) in [5.74, 6) is 2.31. The molecule has 0 aliphatic carbocycles. The second kappa shape index (κ2) is 5.54. The number of rotatable bonds is 3. The second-order valence-electron chi connectivity index (χ2n) is 5.44. The van der Waals surface area contributed by atoms with Crippen LogP contribution >= 0.6 is 11.6 Å². The number of aromatic nitrogens is 5. The summed E-state index contributed by atoms with van der Waals surface area (Å²) in [6.45, 7) is 6.74. The van der Waals surface area contributed by atoms with Crippen LogP contribution in [0, 0.1) is 13.8 Å². The number of likely N-dealkylation sites (tertiary alicyclic amines) is 1. The molecule has 6 nitrogen and oxygen atoms in total. The Kier molecular flexibility index (Phi) is 3.76. The third kappa shape index (κ3) is 2.71. The van der Waals surface area contributed by atoms with Gasteiger partial charge in [0.05, 0.1) is 16.4 Å². The molecule has 0 amide bonds. The van der Waals surface area contributed by atoms with Crippen molar-refractivity contribution in [3.05, 3.63) is 28.1 Å². The van der Waals surface area contributed by atoms with Gasteiger partial charge in [-0.15, -0.1) is 0 Å². The smallest absolute Gasteiger partial charge is 0.153 e. The summed E-state index contributed by atoms with van der Waals surface area (Å²) in [6.07, 6.45) is 2.16. The molecule has 2 N–H and O–H groups in total. The lowest BCUT2D eigenvalue weighted by Gasteiger charge is -2.30. The quantitative estimate of drug-likeness (QED) is 0.910. The average Bonchev–Trinajstić information content (AvgIpc) is 3.01. The van der Waals surface area contributed by atoms with E-state index in [9.17, 15) is 0 Å². The number of nitrogens with one attached hydrogen (secondary N) is 2. The molecule has 7 heteroatoms. The van der Waals surface area contributed by atoms with Gasteiger partial charge < -0.3 is 0 Å². The number of halogens is 1. The molecule has 20 heavy (non-hydrogen) atoms. The van der Waals surface area contributed by atoms with Gasteiger partial charge in [0.25, 0.3) is 0 Å². The molecule has 2 aromatic rings. The van der Waals surface area contributed by atoms with Crippen LogP contribution in [0.15, 0.2) is 0 Å². The van der Waals surface area contributed by atoms with E-state index in [4.69, 9.17) is 11.6 Å². The molecule has 0 radical (unpaired) electrons. The predicted octanol–water partition coefficient (Wildman–Crippen LogP) is 2.18. The molecule has 1 aliphatic heterocycles. The van der Waals surface area contributed by atoms with Crippen LogP contribution in [0.1, 0.15) is 41.8 Å². The summed E-state index contributed by atoms with van der Waals surface area (Å²) in [6, 6.07) is 0. The van der Waals surface area contributed by atoms with Crippen LogP contribution in [0.5, 0.6) is 0 Å². The maximum absolute atomic E-state index is 6.21. The topological polar surface area (TPSA) is 73.5 Å². The minimum Gasteiger partial charge on any atom is -0.297 e. The zero-order valence-electron chi connectivity index (χ0n) is 11.8. The molecule has 0 aromatic carbocycles. The fraction of sp³-hybridized carbons (Fsp3) is 0.615. The van der Waals surface area contributed by atoms with Crippen molar-refractivity contribution >= 4 is 11.6 Å². The van der Waals surface area contributed by atoms with Gasteiger partial charge in [0.2, 0.25) is 0 Å². The van der Waals surface area contributed by atoms with E-state index in [2.05, 4.69) is 30.3 Å². The van der Waals surface area contributed by atoms with Crippen LogP contribution in [0.3, 0.4) is 0 Å². The number of H-pyrrole nitrogens is 2. The summed E-state index contributed by atoms with van der Waals surface area (Å²) < 4.78 is 0. The summed E-state index contributed by atoms with van der Waals surface area (Å²) in [5.41, 5.74) is 1.88. The van der Waals surface area contributed by atoms with Crippen molar-refractivity contribution in [1.82, 2.24) is 30.3 Å². The molecular weight excluding hydrogens is 276 g/mol. The third-order valence-corrected chi connectivity index (χ3v) is 4.38. The van der Waals surface area contributed by atoms with E-state index in [1.165, 1.54) is 0 Å². The Morgan fingerprint density at radius 1 is 1.20 bits per heavy atom. The van der Waals surface area contributed by atoms with Crippen molar-refractivity contribution in [2.24, 2.45) is 0 Å². The number of piperidine rings is 1. The van der Waals surface area contributed by atoms with E-state index < -0.39 is 0 Å². The molecule has 0 atom stereocenters. The Bertz CT molecular complexity index is 581. The van der Waals surface area contributed by atoms with Crippen LogP contribution in [-0.2, 0) is 6.54 Å². The molecule has 1 saturated heterocycles. The van der Waals surface area contributed by atoms with Crippen molar-refractivity contribution in [3.8, 4) is 0 Å². The fourth-order valence-corrected chi connectivity index (χ4v) is 2.82. The number of aromatic amines is 2. The summed E-state index contributed by atoms with van der Waals surface area (Å²) in [5, 5.41) is 15.1. The largest absolute Gasteiger partial charge is 0.297 e. The zero-order chi connectivity index (χ0) is 14.1. The highest BCUT2D eigenvalue weighted by Crippen LogP contribution is 2.27. The van der Waals surface area contributed by atoms with Gasteiger partial charge in [0, 0.05) is 12.5 Å². The summed E-state index contributed by atoms with van der Waals surface area (Å²) in [7, 11) is 0. The van der Waals surface area contributed by atoms with Crippen LogP contribution in [0.25, 0.3) is 0 Å². The minimum absolute atomic E-state index is 0.465. The molecule has 0 saturated carbocycles. The predicted molar refractivity (Wildman–Crippen MR) is 76.7 cm³/mol. The Hall–Kier alpha value is -1.40. The molecular formula is C13H19ClN6. The highest BCUT2D eigenvalue weighted by molar-refractivity contribution is 6.31. The first-order valence-electron chi connectivity index (χ1n) is 6.94. The van der Waals surface area contributed by atoms with Crippen LogP contribution in [0.4, 0.5) is 0 Å². The van der Waals surface area contributed by atoms with Crippen molar-refractivity contribution < 1.29 is 0 Å². The molecule has 0 spiro atoms. The van der Waals surface area contributed by atoms with Gasteiger partial charge in [-0.3, -0.25) is 15.1 Å². The van der Waals surface area contributed by atoms with Gasteiger partial charge in [0.1, 0.15) is 5.82 Å². The van der Waals surface area contributed by atoms with E-state index in [-0.39, 0.29) is 0 Å². The lowest BCUT2D eigenvalue weighted by Crippen LogP contribution is -2.33. The monoisotopic (exact) mass is 294 g/mol. The minimum atomic E-state index is 0.465. The molecule has 3 heterocycles. The van der Waals surface area contributed by atoms with Gasteiger partial charge >= 0.3 is 0 Å². The third-order valence-electron chi connectivity index (χ3n) is 3.88. The van der Waals surface area contributed by atoms with E-state index in [1.807, 2.05) is 13.8 Å². The standard InChI is InChI=1S/C13H19ClN6/c1-8-12(14)11(18-16-8)7-20-5-3-10(4-6-20)13-15-9(2)17-19-13/h10H,3-7H2,1-2H3,(H,16,18)(H,15,17,19). The van der Waals surface area contributed by atoms with E-state index in [1.54, 1.807) is 0 Å². The molecule has 3 rings (SSSR count). The maximum Gasteiger partial charge on any atom is 0.153 e. The number of hydrogen-bond acceptors (Lipinski definition) is 4. The van der Waals surface area contributed by atoms with Crippen molar-refractivity contribution in [1.29, 1.82) is 0 Å². The number of hydrogen-bond donors (Lipinski definition) is 2. The Morgan fingerprint density at radius 2 is 1.95 bits per heavy atom. The molecule has 1 fully saturated rings. The Balaban J connectivity index is 1.57. The first-order valence-corrected chi connectivity index (χ1v) is 7.32. The number of aryl methyl sites for hydroxylation is 2. The highest BCUT2D eigenvalue weighted by Gasteiger charge is 2.24. The van der Waals surface area contributed by atoms with Crippen molar-refractivity contribution in [2.75, 3.05) is 13.1 Å². The average molecular weight is 295 g/mol. The van der Waals surface area contributed by atoms with Crippen LogP contribution < -0.4 is 0 Å². The van der Waals surface area contributed by atoms with Crippen LogP contribution in [-0.4, -0.2) is 43.4 Å². The lowest BCUT2D eigenvalue weighted by atomic mass is 9.96. The van der Waals surface area contributed by atoms with Gasteiger partial charge in [-0.05, 0) is 39.8 Å². The molecule has 2 aromatic heterocycles. The maximum atomic E-state index is 6.21. The highest BCUT2D eigenvalue weighted by atomic mass is 35.5. The van der Waals surface area contributed by atoms with Gasteiger partial charge in [0.15, 0.2) is 5.82 Å². The Labute approximate surface area is 122 Å². The normalized spacial score (nSPS) is 17.8. The summed E-state index contributed by atoms with van der Waals surface area (Å²) in [4.78, 5) is 6.82.